The second kappa shape index (κ2) is 21.1. The van der Waals surface area contributed by atoms with Crippen LogP contribution in [0.1, 0.15) is 106 Å². The average Bonchev–Trinajstić information content (AvgIpc) is 3.09. The molecule has 0 N–H and O–H groups in total. The second-order valence-corrected chi connectivity index (χ2v) is 13.2. The van der Waals surface area contributed by atoms with Gasteiger partial charge in [-0.25, -0.2) is 9.59 Å². The summed E-state index contributed by atoms with van der Waals surface area (Å²) in [5.41, 5.74) is 1.65. The third-order valence-corrected chi connectivity index (χ3v) is 7.56. The van der Waals surface area contributed by atoms with Crippen LogP contribution in [0.4, 0.5) is 0 Å². The van der Waals surface area contributed by atoms with Gasteiger partial charge in [-0.05, 0) is 65.5 Å². The molecule has 0 fully saturated rings. The minimum Gasteiger partial charge on any atom is -0.489 e. The SMILES string of the molecule is C=C(C)C(=O)OC(C)COc1ccc(C(C)(C)c2ccc(OCC(C)OC(=O)C(=C)C)c(OCCC)c2OCCC)c(OCCC)c1OCCC. The Balaban J connectivity index is 2.71. The van der Waals surface area contributed by atoms with E-state index in [9.17, 15) is 9.59 Å². The molecule has 2 rings (SSSR count). The molecular weight excluding hydrogens is 652 g/mol. The monoisotopic (exact) mass is 712 g/mol. The van der Waals surface area contributed by atoms with Crippen molar-refractivity contribution in [2.75, 3.05) is 39.6 Å². The molecule has 2 unspecified atom stereocenters. The lowest BCUT2D eigenvalue weighted by Crippen LogP contribution is -2.24. The molecule has 0 aliphatic carbocycles. The molecule has 2 atom stereocenters. The van der Waals surface area contributed by atoms with E-state index in [1.54, 1.807) is 27.7 Å². The van der Waals surface area contributed by atoms with Gasteiger partial charge in [0.2, 0.25) is 11.5 Å². The van der Waals surface area contributed by atoms with Crippen LogP contribution in [0, 0.1) is 0 Å². The molecule has 0 spiro atoms. The van der Waals surface area contributed by atoms with E-state index in [1.165, 1.54) is 0 Å². The fraction of sp³-hybridized carbons (Fsp3) is 0.561. The number of esters is 2. The lowest BCUT2D eigenvalue weighted by molar-refractivity contribution is -0.145. The molecular formula is C41H60O10. The fourth-order valence-corrected chi connectivity index (χ4v) is 4.87. The van der Waals surface area contributed by atoms with Gasteiger partial charge < -0.3 is 37.9 Å². The lowest BCUT2D eigenvalue weighted by atomic mass is 9.76. The molecule has 0 saturated heterocycles. The summed E-state index contributed by atoms with van der Waals surface area (Å²) in [5.74, 6) is 2.09. The molecule has 0 saturated carbocycles. The van der Waals surface area contributed by atoms with E-state index in [2.05, 4.69) is 27.0 Å². The van der Waals surface area contributed by atoms with E-state index in [-0.39, 0.29) is 13.2 Å². The van der Waals surface area contributed by atoms with Gasteiger partial charge >= 0.3 is 11.9 Å². The first-order chi connectivity index (χ1) is 24.2. The molecule has 0 aliphatic heterocycles. The summed E-state index contributed by atoms with van der Waals surface area (Å²) in [7, 11) is 0. The van der Waals surface area contributed by atoms with E-state index in [0.717, 1.165) is 36.8 Å². The Hall–Kier alpha value is -4.34. The number of benzene rings is 2. The quantitative estimate of drug-likeness (QED) is 0.0773. The van der Waals surface area contributed by atoms with Crippen molar-refractivity contribution in [3.8, 4) is 34.5 Å². The van der Waals surface area contributed by atoms with Crippen LogP contribution < -0.4 is 28.4 Å². The summed E-state index contributed by atoms with van der Waals surface area (Å²) in [6.45, 7) is 28.4. The van der Waals surface area contributed by atoms with Crippen molar-refractivity contribution in [2.45, 2.75) is 113 Å². The van der Waals surface area contributed by atoms with Crippen molar-refractivity contribution in [1.82, 2.24) is 0 Å². The highest BCUT2D eigenvalue weighted by Crippen LogP contribution is 2.52. The third kappa shape index (κ3) is 12.4. The zero-order chi connectivity index (χ0) is 38.1. The molecule has 0 aliphatic rings. The van der Waals surface area contributed by atoms with Gasteiger partial charge in [-0.1, -0.05) is 66.8 Å². The smallest absolute Gasteiger partial charge is 0.333 e. The Morgan fingerprint density at radius 1 is 0.569 bits per heavy atom. The molecule has 2 aromatic rings. The predicted molar refractivity (Wildman–Crippen MR) is 200 cm³/mol. The van der Waals surface area contributed by atoms with E-state index >= 15 is 0 Å². The van der Waals surface area contributed by atoms with Crippen LogP contribution in [0.2, 0.25) is 0 Å². The molecule has 0 bridgehead atoms. The third-order valence-electron chi connectivity index (χ3n) is 7.56. The maximum atomic E-state index is 12.1. The Morgan fingerprint density at radius 2 is 0.882 bits per heavy atom. The van der Waals surface area contributed by atoms with E-state index in [4.69, 9.17) is 37.9 Å². The normalized spacial score (nSPS) is 12.3. The Morgan fingerprint density at radius 3 is 1.18 bits per heavy atom. The molecule has 0 amide bonds. The van der Waals surface area contributed by atoms with Crippen molar-refractivity contribution < 1.29 is 47.5 Å². The van der Waals surface area contributed by atoms with Crippen molar-refractivity contribution in [1.29, 1.82) is 0 Å². The van der Waals surface area contributed by atoms with E-state index in [1.807, 2.05) is 52.0 Å². The largest absolute Gasteiger partial charge is 0.489 e. The van der Waals surface area contributed by atoms with Crippen LogP contribution in [0.5, 0.6) is 34.5 Å². The highest BCUT2D eigenvalue weighted by molar-refractivity contribution is 5.87. The molecule has 2 aromatic carbocycles. The van der Waals surface area contributed by atoms with Crippen molar-refractivity contribution >= 4 is 11.9 Å². The molecule has 0 heterocycles. The summed E-state index contributed by atoms with van der Waals surface area (Å²) >= 11 is 0. The van der Waals surface area contributed by atoms with Gasteiger partial charge in [0.1, 0.15) is 25.4 Å². The number of rotatable bonds is 24. The molecule has 10 heteroatoms. The van der Waals surface area contributed by atoms with Crippen LogP contribution in [0.3, 0.4) is 0 Å². The minimum atomic E-state index is -0.702. The molecule has 284 valence electrons. The van der Waals surface area contributed by atoms with Gasteiger partial charge in [-0.2, -0.15) is 0 Å². The van der Waals surface area contributed by atoms with Gasteiger partial charge in [0.25, 0.3) is 0 Å². The zero-order valence-corrected chi connectivity index (χ0v) is 32.5. The maximum absolute atomic E-state index is 12.1. The summed E-state index contributed by atoms with van der Waals surface area (Å²) in [6, 6.07) is 7.67. The fourth-order valence-electron chi connectivity index (χ4n) is 4.87. The zero-order valence-electron chi connectivity index (χ0n) is 32.5. The first kappa shape index (κ1) is 42.8. The summed E-state index contributed by atoms with van der Waals surface area (Å²) in [4.78, 5) is 24.2. The standard InChI is InChI=1S/C41H60O10/c1-13-21-44-35-31(17-19-33(37(35)46-23-15-3)48-25-29(9)50-39(42)27(5)6)41(11,12)32-18-20-34(49-26-30(10)51-40(43)28(7)8)38(47-24-16-4)36(32)45-22-14-2/h17-20,29-30H,5,7,13-16,21-26H2,1-4,6,8-12H3. The van der Waals surface area contributed by atoms with Crippen LogP contribution in [0.25, 0.3) is 0 Å². The van der Waals surface area contributed by atoms with Crippen LogP contribution in [-0.2, 0) is 24.5 Å². The van der Waals surface area contributed by atoms with E-state index < -0.39 is 29.6 Å². The molecule has 0 aromatic heterocycles. The van der Waals surface area contributed by atoms with Gasteiger partial charge in [-0.15, -0.1) is 0 Å². The second-order valence-electron chi connectivity index (χ2n) is 13.2. The number of hydrogen-bond donors (Lipinski definition) is 0. The first-order valence-electron chi connectivity index (χ1n) is 18.1. The molecule has 51 heavy (non-hydrogen) atoms. The first-order valence-corrected chi connectivity index (χ1v) is 18.1. The average molecular weight is 713 g/mol. The topological polar surface area (TPSA) is 108 Å². The van der Waals surface area contributed by atoms with Gasteiger partial charge in [0.05, 0.1) is 26.4 Å². The molecule has 10 nitrogen and oxygen atoms in total. The number of carbonyl (C=O) groups excluding carboxylic acids is 2. The maximum Gasteiger partial charge on any atom is 0.333 e. The van der Waals surface area contributed by atoms with Crippen LogP contribution >= 0.6 is 0 Å². The highest BCUT2D eigenvalue weighted by Gasteiger charge is 2.35. The van der Waals surface area contributed by atoms with E-state index in [0.29, 0.717) is 72.1 Å². The highest BCUT2D eigenvalue weighted by atomic mass is 16.6. The Kier molecular flexibility index (Phi) is 17.7. The van der Waals surface area contributed by atoms with Crippen molar-refractivity contribution in [3.63, 3.8) is 0 Å². The van der Waals surface area contributed by atoms with Gasteiger partial charge in [0.15, 0.2) is 23.0 Å². The number of ether oxygens (including phenoxy) is 8. The summed E-state index contributed by atoms with van der Waals surface area (Å²) in [6.07, 6.45) is 2.05. The number of carbonyl (C=O) groups is 2. The Bertz CT molecular complexity index is 1350. The lowest BCUT2D eigenvalue weighted by Gasteiger charge is -2.32. The van der Waals surface area contributed by atoms with Crippen LogP contribution in [0.15, 0.2) is 48.6 Å². The molecule has 0 radical (unpaired) electrons. The summed E-state index contributed by atoms with van der Waals surface area (Å²) < 4.78 is 48.9. The number of hydrogen-bond acceptors (Lipinski definition) is 10. The van der Waals surface area contributed by atoms with Gasteiger partial charge in [-0.3, -0.25) is 0 Å². The van der Waals surface area contributed by atoms with Crippen molar-refractivity contribution in [2.24, 2.45) is 0 Å². The van der Waals surface area contributed by atoms with Crippen molar-refractivity contribution in [3.05, 3.63) is 59.7 Å². The minimum absolute atomic E-state index is 0.108. The van der Waals surface area contributed by atoms with Crippen LogP contribution in [-0.4, -0.2) is 63.8 Å². The Labute approximate surface area is 305 Å². The predicted octanol–water partition coefficient (Wildman–Crippen LogP) is 8.94. The van der Waals surface area contributed by atoms with Gasteiger partial charge in [0, 0.05) is 27.7 Å². The summed E-state index contributed by atoms with van der Waals surface area (Å²) in [5, 5.41) is 0.